The Bertz CT molecular complexity index is 896. The average Bonchev–Trinajstić information content (AvgIpc) is 3.27. The second kappa shape index (κ2) is 5.65. The van der Waals surface area contributed by atoms with E-state index >= 15 is 0 Å². The van der Waals surface area contributed by atoms with Crippen LogP contribution in [0.25, 0.3) is 11.5 Å². The van der Waals surface area contributed by atoms with Crippen molar-refractivity contribution in [1.82, 2.24) is 15.5 Å². The largest absolute Gasteiger partial charge is 0.460 e. The van der Waals surface area contributed by atoms with Crippen molar-refractivity contribution in [1.29, 1.82) is 0 Å². The van der Waals surface area contributed by atoms with Gasteiger partial charge in [0.25, 0.3) is 5.91 Å². The smallest absolute Gasteiger partial charge is 0.272 e. The Morgan fingerprint density at radius 2 is 2.17 bits per heavy atom. The molecule has 0 aliphatic heterocycles. The highest BCUT2D eigenvalue weighted by molar-refractivity contribution is 5.93. The summed E-state index contributed by atoms with van der Waals surface area (Å²) in [6.07, 6.45) is -0.0870. The molecule has 2 aromatic heterocycles. The molecule has 0 radical (unpaired) electrons. The summed E-state index contributed by atoms with van der Waals surface area (Å²) in [5.74, 6) is 1.09. The molecule has 2 atom stereocenters. The number of nitrogens with zero attached hydrogens (tertiary/aromatic N) is 1. The summed E-state index contributed by atoms with van der Waals surface area (Å²) in [5.41, 5.74) is 2.91. The predicted octanol–water partition coefficient (Wildman–Crippen LogP) is 2.37. The van der Waals surface area contributed by atoms with Crippen LogP contribution in [-0.2, 0) is 6.42 Å². The van der Waals surface area contributed by atoms with E-state index in [2.05, 4.69) is 15.5 Å². The minimum atomic E-state index is -0.627. The first-order chi connectivity index (χ1) is 11.6. The van der Waals surface area contributed by atoms with E-state index in [0.29, 0.717) is 17.9 Å². The van der Waals surface area contributed by atoms with Crippen LogP contribution in [0, 0.1) is 6.92 Å². The number of aliphatic hydroxyl groups excluding tert-OH is 1. The van der Waals surface area contributed by atoms with Crippen molar-refractivity contribution in [3.63, 3.8) is 0 Å². The second-order valence-corrected chi connectivity index (χ2v) is 6.00. The SMILES string of the molecule is Cc1ccc(-c2cc(C(=O)N[C@@H]3c4ccccc4C[C@@H]3O)n[nH]2)o1. The fourth-order valence-electron chi connectivity index (χ4n) is 3.11. The molecule has 0 fully saturated rings. The third-order valence-corrected chi connectivity index (χ3v) is 4.31. The molecule has 0 spiro atoms. The molecule has 3 N–H and O–H groups in total. The van der Waals surface area contributed by atoms with Gasteiger partial charge in [-0.1, -0.05) is 24.3 Å². The van der Waals surface area contributed by atoms with Crippen LogP contribution in [-0.4, -0.2) is 27.3 Å². The standard InChI is InChI=1S/C18H17N3O3/c1-10-6-7-16(24-10)13-9-14(21-20-13)18(23)19-17-12-5-3-2-4-11(12)8-15(17)22/h2-7,9,15,17,22H,8H2,1H3,(H,19,23)(H,20,21)/t15-,17+/m0/s1. The Kier molecular flexibility index (Phi) is 3.46. The number of carbonyl (C=O) groups excluding carboxylic acids is 1. The lowest BCUT2D eigenvalue weighted by Gasteiger charge is -2.17. The van der Waals surface area contributed by atoms with E-state index in [-0.39, 0.29) is 11.6 Å². The number of aliphatic hydroxyl groups is 1. The van der Waals surface area contributed by atoms with Crippen molar-refractivity contribution in [2.75, 3.05) is 0 Å². The van der Waals surface area contributed by atoms with Gasteiger partial charge in [0.15, 0.2) is 11.5 Å². The van der Waals surface area contributed by atoms with Crippen LogP contribution in [0.1, 0.15) is 33.4 Å². The maximum absolute atomic E-state index is 12.5. The summed E-state index contributed by atoms with van der Waals surface area (Å²) in [7, 11) is 0. The van der Waals surface area contributed by atoms with Gasteiger partial charge in [0.2, 0.25) is 0 Å². The third-order valence-electron chi connectivity index (χ3n) is 4.31. The fraction of sp³-hybridized carbons (Fsp3) is 0.222. The lowest BCUT2D eigenvalue weighted by Crippen LogP contribution is -2.34. The molecule has 3 aromatic rings. The van der Waals surface area contributed by atoms with Crippen molar-refractivity contribution >= 4 is 5.91 Å². The van der Waals surface area contributed by atoms with Crippen LogP contribution in [0.5, 0.6) is 0 Å². The number of aryl methyl sites for hydroxylation is 1. The van der Waals surface area contributed by atoms with Crippen molar-refractivity contribution < 1.29 is 14.3 Å². The highest BCUT2D eigenvalue weighted by Gasteiger charge is 2.32. The average molecular weight is 323 g/mol. The lowest BCUT2D eigenvalue weighted by molar-refractivity contribution is 0.0853. The normalized spacial score (nSPS) is 19.2. The molecule has 1 amide bonds. The number of aromatic amines is 1. The molecule has 1 aliphatic carbocycles. The van der Waals surface area contributed by atoms with E-state index in [1.165, 1.54) is 0 Å². The van der Waals surface area contributed by atoms with E-state index in [4.69, 9.17) is 4.42 Å². The fourth-order valence-corrected chi connectivity index (χ4v) is 3.11. The molecule has 6 heteroatoms. The molecule has 6 nitrogen and oxygen atoms in total. The predicted molar refractivity (Wildman–Crippen MR) is 87.4 cm³/mol. The maximum Gasteiger partial charge on any atom is 0.272 e. The van der Waals surface area contributed by atoms with E-state index < -0.39 is 12.1 Å². The number of nitrogens with one attached hydrogen (secondary N) is 2. The van der Waals surface area contributed by atoms with Gasteiger partial charge < -0.3 is 14.8 Å². The van der Waals surface area contributed by atoms with Crippen LogP contribution < -0.4 is 5.32 Å². The molecule has 1 aliphatic rings. The van der Waals surface area contributed by atoms with Crippen molar-refractivity contribution in [2.45, 2.75) is 25.5 Å². The summed E-state index contributed by atoms with van der Waals surface area (Å²) in [5, 5.41) is 20.0. The number of aromatic nitrogens is 2. The molecule has 24 heavy (non-hydrogen) atoms. The number of amides is 1. The number of furan rings is 1. The Labute approximate surface area is 138 Å². The number of benzene rings is 1. The Morgan fingerprint density at radius 3 is 2.96 bits per heavy atom. The summed E-state index contributed by atoms with van der Waals surface area (Å²) >= 11 is 0. The minimum absolute atomic E-state index is 0.260. The Morgan fingerprint density at radius 1 is 1.33 bits per heavy atom. The van der Waals surface area contributed by atoms with Gasteiger partial charge in [-0.15, -0.1) is 0 Å². The van der Waals surface area contributed by atoms with Crippen LogP contribution in [0.4, 0.5) is 0 Å². The van der Waals surface area contributed by atoms with Gasteiger partial charge in [-0.05, 0) is 30.2 Å². The first kappa shape index (κ1) is 14.7. The number of hydrogen-bond donors (Lipinski definition) is 3. The molecular weight excluding hydrogens is 306 g/mol. The monoisotopic (exact) mass is 323 g/mol. The van der Waals surface area contributed by atoms with Gasteiger partial charge in [-0.3, -0.25) is 9.89 Å². The highest BCUT2D eigenvalue weighted by atomic mass is 16.3. The van der Waals surface area contributed by atoms with Gasteiger partial charge in [0.05, 0.1) is 12.1 Å². The molecule has 0 bridgehead atoms. The summed E-state index contributed by atoms with van der Waals surface area (Å²) in [6.45, 7) is 1.85. The number of hydrogen-bond acceptors (Lipinski definition) is 4. The number of fused-ring (bicyclic) bond motifs is 1. The maximum atomic E-state index is 12.5. The van der Waals surface area contributed by atoms with Crippen molar-refractivity contribution in [3.8, 4) is 11.5 Å². The molecule has 4 rings (SSSR count). The quantitative estimate of drug-likeness (QED) is 0.690. The lowest BCUT2D eigenvalue weighted by atomic mass is 10.1. The number of rotatable bonds is 3. The molecular formula is C18H17N3O3. The summed E-state index contributed by atoms with van der Waals surface area (Å²) < 4.78 is 5.52. The zero-order chi connectivity index (χ0) is 16.7. The molecule has 122 valence electrons. The zero-order valence-electron chi connectivity index (χ0n) is 13.1. The first-order valence-electron chi connectivity index (χ1n) is 7.81. The summed E-state index contributed by atoms with van der Waals surface area (Å²) in [4.78, 5) is 12.5. The third kappa shape index (κ3) is 2.51. The number of H-pyrrole nitrogens is 1. The zero-order valence-corrected chi connectivity index (χ0v) is 13.1. The van der Waals surface area contributed by atoms with Crippen LogP contribution >= 0.6 is 0 Å². The minimum Gasteiger partial charge on any atom is -0.460 e. The van der Waals surface area contributed by atoms with Gasteiger partial charge in [0.1, 0.15) is 11.5 Å². The van der Waals surface area contributed by atoms with E-state index in [1.807, 2.05) is 43.3 Å². The Hall–Kier alpha value is -2.86. The molecule has 0 unspecified atom stereocenters. The van der Waals surface area contributed by atoms with Gasteiger partial charge in [-0.25, -0.2) is 0 Å². The highest BCUT2D eigenvalue weighted by Crippen LogP contribution is 2.31. The van der Waals surface area contributed by atoms with Crippen molar-refractivity contribution in [2.24, 2.45) is 0 Å². The topological polar surface area (TPSA) is 91.1 Å². The van der Waals surface area contributed by atoms with E-state index in [1.54, 1.807) is 6.07 Å². The van der Waals surface area contributed by atoms with Gasteiger partial charge >= 0.3 is 0 Å². The summed E-state index contributed by atoms with van der Waals surface area (Å²) in [6, 6.07) is 12.6. The van der Waals surface area contributed by atoms with Gasteiger partial charge in [-0.2, -0.15) is 5.10 Å². The number of carbonyl (C=O) groups is 1. The van der Waals surface area contributed by atoms with Gasteiger partial charge in [0, 0.05) is 12.5 Å². The van der Waals surface area contributed by atoms with E-state index in [9.17, 15) is 9.90 Å². The van der Waals surface area contributed by atoms with Crippen LogP contribution in [0.15, 0.2) is 46.9 Å². The molecule has 2 heterocycles. The van der Waals surface area contributed by atoms with E-state index in [0.717, 1.165) is 16.9 Å². The molecule has 1 aromatic carbocycles. The first-order valence-corrected chi connectivity index (χ1v) is 7.81. The van der Waals surface area contributed by atoms with Crippen LogP contribution in [0.2, 0.25) is 0 Å². The molecule has 0 saturated heterocycles. The molecule has 0 saturated carbocycles. The van der Waals surface area contributed by atoms with Crippen molar-refractivity contribution in [3.05, 3.63) is 65.0 Å². The second-order valence-electron chi connectivity index (χ2n) is 6.00. The van der Waals surface area contributed by atoms with Crippen LogP contribution in [0.3, 0.4) is 0 Å². The Balaban J connectivity index is 1.54.